The minimum atomic E-state index is -1.12. The highest BCUT2D eigenvalue weighted by molar-refractivity contribution is 5.86. The summed E-state index contributed by atoms with van der Waals surface area (Å²) < 4.78 is 15.6. The van der Waals surface area contributed by atoms with Crippen molar-refractivity contribution in [1.29, 1.82) is 0 Å². The number of fused-ring (bicyclic) bond motifs is 6. The van der Waals surface area contributed by atoms with Gasteiger partial charge in [-0.1, -0.05) is 97.1 Å². The average Bonchev–Trinajstić information content (AvgIpc) is 3.47. The van der Waals surface area contributed by atoms with Gasteiger partial charge in [0.15, 0.2) is 0 Å². The first-order chi connectivity index (χ1) is 19.8. The van der Waals surface area contributed by atoms with Crippen LogP contribution in [-0.4, -0.2) is 37.2 Å². The summed E-state index contributed by atoms with van der Waals surface area (Å²) in [4.78, 5) is 34.2. The van der Waals surface area contributed by atoms with Crippen LogP contribution >= 0.6 is 0 Å². The summed E-state index contributed by atoms with van der Waals surface area (Å²) in [6, 6.07) is 32.1. The third kappa shape index (κ3) is 5.64. The Morgan fingerprint density at radius 1 is 0.683 bits per heavy atom. The molecule has 1 unspecified atom stereocenters. The molecule has 0 aliphatic heterocycles. The summed E-state index contributed by atoms with van der Waals surface area (Å²) in [5.41, 5.74) is 8.17. The summed E-state index contributed by atoms with van der Waals surface area (Å²) >= 11 is 0. The lowest BCUT2D eigenvalue weighted by Gasteiger charge is -2.23. The van der Waals surface area contributed by atoms with Gasteiger partial charge in [-0.15, -0.1) is 0 Å². The lowest BCUT2D eigenvalue weighted by molar-refractivity contribution is -0.153. The molecule has 0 spiro atoms. The lowest BCUT2D eigenvalue weighted by atomic mass is 9.91. The van der Waals surface area contributed by atoms with Gasteiger partial charge >= 0.3 is 18.9 Å². The van der Waals surface area contributed by atoms with E-state index in [4.69, 9.17) is 9.47 Å². The smallest absolute Gasteiger partial charge is 0.418 e. The molecule has 41 heavy (non-hydrogen) atoms. The second-order valence-electron chi connectivity index (χ2n) is 10.9. The van der Waals surface area contributed by atoms with Crippen LogP contribution in [-0.2, 0) is 28.6 Å². The molecule has 0 heterocycles. The number of benzene rings is 4. The Balaban J connectivity index is 0.000000431. The quantitative estimate of drug-likeness (QED) is 0.195. The number of carbonyl (C=O) groups is 1. The van der Waals surface area contributed by atoms with E-state index in [1.807, 2.05) is 72.8 Å². The Morgan fingerprint density at radius 2 is 1.10 bits per heavy atom. The van der Waals surface area contributed by atoms with E-state index in [0.29, 0.717) is 0 Å². The molecule has 0 saturated carbocycles. The number of hydrogen-bond acceptors (Lipinski definition) is 6. The van der Waals surface area contributed by atoms with Gasteiger partial charge in [0, 0.05) is 5.92 Å². The lowest BCUT2D eigenvalue weighted by Crippen LogP contribution is -2.33. The Morgan fingerprint density at radius 3 is 1.49 bits per heavy atom. The van der Waals surface area contributed by atoms with Crippen LogP contribution in [0.15, 0.2) is 97.1 Å². The Hall–Kier alpha value is -4.71. The van der Waals surface area contributed by atoms with Crippen molar-refractivity contribution < 1.29 is 28.6 Å². The van der Waals surface area contributed by atoms with Gasteiger partial charge in [-0.2, -0.15) is 0 Å². The average molecular weight is 547 g/mol. The number of esters is 1. The molecule has 2 aliphatic rings. The van der Waals surface area contributed by atoms with Gasteiger partial charge in [-0.05, 0) is 65.3 Å². The van der Waals surface area contributed by atoms with E-state index >= 15 is 0 Å². The Labute approximate surface area is 239 Å². The van der Waals surface area contributed by atoms with Crippen molar-refractivity contribution in [2.75, 3.05) is 6.61 Å². The maximum absolute atomic E-state index is 13.4. The largest absolute Gasteiger partial charge is 0.462 e. The molecule has 2 aliphatic carbocycles. The summed E-state index contributed by atoms with van der Waals surface area (Å²) in [5.74, 6) is -1.08. The Kier molecular flexibility index (Phi) is 8.02. The summed E-state index contributed by atoms with van der Waals surface area (Å²) in [7, 11) is 0. The zero-order chi connectivity index (χ0) is 29.0. The van der Waals surface area contributed by atoms with E-state index in [1.54, 1.807) is 20.8 Å². The van der Waals surface area contributed by atoms with E-state index in [9.17, 15) is 14.4 Å². The first-order valence-corrected chi connectivity index (χ1v) is 13.4. The number of hydrogen-bond donors (Lipinski definition) is 0. The van der Waals surface area contributed by atoms with Gasteiger partial charge in [0.2, 0.25) is 6.10 Å². The molecule has 206 valence electrons. The van der Waals surface area contributed by atoms with Crippen molar-refractivity contribution >= 4 is 18.9 Å². The minimum absolute atomic E-state index is 0.0691. The molecule has 0 saturated heterocycles. The topological polar surface area (TPSA) is 78.9 Å². The number of ether oxygens (including phenoxy) is 3. The standard InChI is InChI=1S/C30H21O4.C5H9O2/c31-18-34-29(28-25-15-7-5-11-21(25)22-12-6-8-16-26(22)28)30(32)33-17-27-23-13-3-1-9-19(23)20-10-2-4-14-24(20)27;1-5(2,3)7-4-6/h1-16,27-29H,17H2;1-3H3. The van der Waals surface area contributed by atoms with Crippen molar-refractivity contribution in [3.63, 3.8) is 0 Å². The van der Waals surface area contributed by atoms with Crippen molar-refractivity contribution in [2.24, 2.45) is 0 Å². The molecule has 0 fully saturated rings. The van der Waals surface area contributed by atoms with Crippen LogP contribution in [0.25, 0.3) is 22.3 Å². The van der Waals surface area contributed by atoms with Crippen molar-refractivity contribution in [3.8, 4) is 22.3 Å². The molecular formula is C35H30O6. The van der Waals surface area contributed by atoms with E-state index < -0.39 is 18.0 Å². The number of rotatable bonds is 7. The van der Waals surface area contributed by atoms with E-state index in [-0.39, 0.29) is 18.1 Å². The third-order valence-corrected chi connectivity index (χ3v) is 7.29. The van der Waals surface area contributed by atoms with Gasteiger partial charge in [-0.25, -0.2) is 14.4 Å². The molecule has 0 N–H and O–H groups in total. The molecular weight excluding hydrogens is 516 g/mol. The molecule has 2 radical (unpaired) electrons. The second kappa shape index (κ2) is 11.8. The fraction of sp³-hybridized carbons (Fsp3) is 0.229. The molecule has 4 aromatic rings. The van der Waals surface area contributed by atoms with Crippen molar-refractivity contribution in [2.45, 2.75) is 44.3 Å². The number of carbonyl (C=O) groups excluding carboxylic acids is 3. The summed E-state index contributed by atoms with van der Waals surface area (Å²) in [6.45, 7) is 8.39. The summed E-state index contributed by atoms with van der Waals surface area (Å²) in [6.07, 6.45) is -1.12. The highest BCUT2D eigenvalue weighted by Gasteiger charge is 2.41. The van der Waals surface area contributed by atoms with Gasteiger partial charge in [0.25, 0.3) is 0 Å². The maximum Gasteiger partial charge on any atom is 0.418 e. The van der Waals surface area contributed by atoms with Gasteiger partial charge < -0.3 is 14.2 Å². The van der Waals surface area contributed by atoms with Crippen LogP contribution in [0.3, 0.4) is 0 Å². The van der Waals surface area contributed by atoms with Crippen LogP contribution in [0.2, 0.25) is 0 Å². The van der Waals surface area contributed by atoms with Gasteiger partial charge in [-0.3, -0.25) is 0 Å². The Bertz CT molecular complexity index is 1480. The molecule has 1 atom stereocenters. The van der Waals surface area contributed by atoms with Crippen LogP contribution in [0.4, 0.5) is 0 Å². The van der Waals surface area contributed by atoms with Crippen molar-refractivity contribution in [1.82, 2.24) is 0 Å². The SMILES string of the molecule is CC(C)(C)O[C]=O.O=[C]OC(C(=O)OCC1c2ccccc2-c2ccccc21)C1c2ccccc2-c2ccccc21. The maximum atomic E-state index is 13.4. The predicted molar refractivity (Wildman–Crippen MR) is 155 cm³/mol. The first kappa shape index (κ1) is 27.8. The van der Waals surface area contributed by atoms with E-state index in [0.717, 1.165) is 44.5 Å². The normalized spacial score (nSPS) is 13.8. The zero-order valence-electron chi connectivity index (χ0n) is 23.1. The fourth-order valence-corrected chi connectivity index (χ4v) is 5.64. The van der Waals surface area contributed by atoms with E-state index in [1.165, 1.54) is 12.9 Å². The van der Waals surface area contributed by atoms with Gasteiger partial charge in [0.05, 0.1) is 5.92 Å². The predicted octanol–water partition coefficient (Wildman–Crippen LogP) is 6.48. The fourth-order valence-electron chi connectivity index (χ4n) is 5.64. The third-order valence-electron chi connectivity index (χ3n) is 7.29. The zero-order valence-corrected chi connectivity index (χ0v) is 23.1. The minimum Gasteiger partial charge on any atom is -0.462 e. The monoisotopic (exact) mass is 546 g/mol. The van der Waals surface area contributed by atoms with Gasteiger partial charge in [0.1, 0.15) is 12.2 Å². The molecule has 6 rings (SSSR count). The highest BCUT2D eigenvalue weighted by atomic mass is 16.6. The van der Waals surface area contributed by atoms with Crippen molar-refractivity contribution in [3.05, 3.63) is 119 Å². The van der Waals surface area contributed by atoms with E-state index in [2.05, 4.69) is 29.0 Å². The molecule has 4 aromatic carbocycles. The molecule has 6 nitrogen and oxygen atoms in total. The highest BCUT2D eigenvalue weighted by Crippen LogP contribution is 2.48. The van der Waals surface area contributed by atoms with Crippen LogP contribution in [0, 0.1) is 0 Å². The van der Waals surface area contributed by atoms with Crippen LogP contribution in [0.5, 0.6) is 0 Å². The van der Waals surface area contributed by atoms with Crippen LogP contribution < -0.4 is 0 Å². The molecule has 0 amide bonds. The van der Waals surface area contributed by atoms with Crippen LogP contribution in [0.1, 0.15) is 54.9 Å². The second-order valence-corrected chi connectivity index (χ2v) is 10.9. The molecule has 6 heteroatoms. The first-order valence-electron chi connectivity index (χ1n) is 13.4. The molecule has 0 bridgehead atoms. The molecule has 0 aromatic heterocycles. The summed E-state index contributed by atoms with van der Waals surface area (Å²) in [5, 5.41) is 0.